The molecule has 1 aromatic heterocycles. The third kappa shape index (κ3) is 3.85. The van der Waals surface area contributed by atoms with Crippen molar-refractivity contribution in [2.45, 2.75) is 18.9 Å². The first kappa shape index (κ1) is 17.7. The number of sulfone groups is 1. The van der Waals surface area contributed by atoms with Crippen molar-refractivity contribution < 1.29 is 13.2 Å². The second kappa shape index (κ2) is 7.12. The molecule has 1 fully saturated rings. The number of hydrogen-bond donors (Lipinski definition) is 0. The van der Waals surface area contributed by atoms with Crippen molar-refractivity contribution in [3.63, 3.8) is 0 Å². The lowest BCUT2D eigenvalue weighted by Gasteiger charge is -2.29. The minimum absolute atomic E-state index is 0.0125. The summed E-state index contributed by atoms with van der Waals surface area (Å²) >= 11 is 0. The maximum absolute atomic E-state index is 13.2. The third-order valence-corrected chi connectivity index (χ3v) is 6.66. The van der Waals surface area contributed by atoms with E-state index in [2.05, 4.69) is 4.98 Å². The molecule has 4 rings (SSSR count). The van der Waals surface area contributed by atoms with E-state index in [1.807, 2.05) is 60.7 Å². The van der Waals surface area contributed by atoms with Crippen molar-refractivity contribution in [3.8, 4) is 0 Å². The van der Waals surface area contributed by atoms with Gasteiger partial charge in [-0.15, -0.1) is 0 Å². The molecular formula is C21H20N2O3S. The first-order valence-electron chi connectivity index (χ1n) is 8.93. The zero-order valence-electron chi connectivity index (χ0n) is 14.8. The summed E-state index contributed by atoms with van der Waals surface area (Å²) in [5.74, 6) is 0.0482. The number of aromatic nitrogens is 1. The van der Waals surface area contributed by atoms with Crippen molar-refractivity contribution in [1.82, 2.24) is 4.98 Å². The number of anilines is 1. The van der Waals surface area contributed by atoms with Gasteiger partial charge >= 0.3 is 0 Å². The average Bonchev–Trinajstić information content (AvgIpc) is 3.02. The molecule has 1 aliphatic heterocycles. The van der Waals surface area contributed by atoms with E-state index in [0.29, 0.717) is 6.42 Å². The molecule has 1 amide bonds. The molecule has 5 nitrogen and oxygen atoms in total. The molecule has 1 saturated heterocycles. The van der Waals surface area contributed by atoms with E-state index in [9.17, 15) is 13.2 Å². The first-order chi connectivity index (χ1) is 13.0. The van der Waals surface area contributed by atoms with Crippen LogP contribution in [-0.4, -0.2) is 36.9 Å². The summed E-state index contributed by atoms with van der Waals surface area (Å²) in [5, 5.41) is 0.924. The zero-order chi connectivity index (χ0) is 18.9. The van der Waals surface area contributed by atoms with Gasteiger partial charge in [-0.2, -0.15) is 0 Å². The monoisotopic (exact) mass is 380 g/mol. The summed E-state index contributed by atoms with van der Waals surface area (Å²) in [4.78, 5) is 19.1. The van der Waals surface area contributed by atoms with Crippen LogP contribution in [0.1, 0.15) is 12.0 Å². The number of hydrogen-bond acceptors (Lipinski definition) is 4. The van der Waals surface area contributed by atoms with Gasteiger partial charge < -0.3 is 4.90 Å². The fourth-order valence-electron chi connectivity index (χ4n) is 3.61. The number of carbonyl (C=O) groups excluding carboxylic acids is 1. The maximum atomic E-state index is 13.2. The van der Waals surface area contributed by atoms with Crippen LogP contribution in [0, 0.1) is 0 Å². The van der Waals surface area contributed by atoms with E-state index in [1.54, 1.807) is 11.1 Å². The number of carbonyl (C=O) groups is 1. The lowest BCUT2D eigenvalue weighted by atomic mass is 10.1. The quantitative estimate of drug-likeness (QED) is 0.698. The average molecular weight is 380 g/mol. The van der Waals surface area contributed by atoms with Crippen LogP contribution in [0.15, 0.2) is 66.9 Å². The molecule has 0 aliphatic carbocycles. The van der Waals surface area contributed by atoms with E-state index in [4.69, 9.17) is 0 Å². The summed E-state index contributed by atoms with van der Waals surface area (Å²) in [6, 6.07) is 18.6. The standard InChI is InChI=1S/C21H20N2O3S/c24-21(13-16-5-2-1-3-6-16)23(19-10-12-27(25,26)15-19)18-8-9-20-17(14-18)7-4-11-22-20/h1-9,11,14,19H,10,12-13,15H2. The van der Waals surface area contributed by atoms with Crippen molar-refractivity contribution in [3.05, 3.63) is 72.4 Å². The van der Waals surface area contributed by atoms with Gasteiger partial charge in [-0.1, -0.05) is 36.4 Å². The van der Waals surface area contributed by atoms with Crippen LogP contribution in [0.5, 0.6) is 0 Å². The molecule has 3 aromatic rings. The van der Waals surface area contributed by atoms with Gasteiger partial charge in [0.25, 0.3) is 0 Å². The summed E-state index contributed by atoms with van der Waals surface area (Å²) in [7, 11) is -3.10. The largest absolute Gasteiger partial charge is 0.308 e. The van der Waals surface area contributed by atoms with Crippen molar-refractivity contribution >= 4 is 32.3 Å². The Bertz CT molecular complexity index is 1080. The van der Waals surface area contributed by atoms with E-state index in [-0.39, 0.29) is 29.9 Å². The highest BCUT2D eigenvalue weighted by Crippen LogP contribution is 2.28. The van der Waals surface area contributed by atoms with Crippen molar-refractivity contribution in [1.29, 1.82) is 0 Å². The van der Waals surface area contributed by atoms with Gasteiger partial charge in [0, 0.05) is 17.3 Å². The SMILES string of the molecule is O=C(Cc1ccccc1)N(c1ccc2ncccc2c1)C1CCS(=O)(=O)C1. The topological polar surface area (TPSA) is 67.3 Å². The molecule has 2 aromatic carbocycles. The third-order valence-electron chi connectivity index (χ3n) is 4.91. The van der Waals surface area contributed by atoms with Crippen LogP contribution in [0.4, 0.5) is 5.69 Å². The van der Waals surface area contributed by atoms with Crippen LogP contribution < -0.4 is 4.90 Å². The molecule has 0 bridgehead atoms. The highest BCUT2D eigenvalue weighted by molar-refractivity contribution is 7.91. The maximum Gasteiger partial charge on any atom is 0.231 e. The molecule has 138 valence electrons. The normalized spacial score (nSPS) is 18.4. The Balaban J connectivity index is 1.71. The number of nitrogens with zero attached hydrogens (tertiary/aromatic N) is 2. The van der Waals surface area contributed by atoms with Gasteiger partial charge in [0.15, 0.2) is 9.84 Å². The van der Waals surface area contributed by atoms with Crippen LogP contribution in [0.2, 0.25) is 0 Å². The van der Waals surface area contributed by atoms with Gasteiger partial charge in [-0.25, -0.2) is 8.42 Å². The lowest BCUT2D eigenvalue weighted by molar-refractivity contribution is -0.118. The molecule has 1 unspecified atom stereocenters. The zero-order valence-corrected chi connectivity index (χ0v) is 15.6. The van der Waals surface area contributed by atoms with Crippen LogP contribution in [-0.2, 0) is 21.1 Å². The molecule has 6 heteroatoms. The summed E-state index contributed by atoms with van der Waals surface area (Å²) in [6.45, 7) is 0. The Kier molecular flexibility index (Phi) is 4.66. The van der Waals surface area contributed by atoms with Gasteiger partial charge in [0.2, 0.25) is 5.91 Å². The van der Waals surface area contributed by atoms with E-state index < -0.39 is 9.84 Å². The lowest BCUT2D eigenvalue weighted by Crippen LogP contribution is -2.42. The number of amides is 1. The van der Waals surface area contributed by atoms with E-state index in [0.717, 1.165) is 22.2 Å². The minimum Gasteiger partial charge on any atom is -0.308 e. The number of benzene rings is 2. The van der Waals surface area contributed by atoms with E-state index >= 15 is 0 Å². The van der Waals surface area contributed by atoms with Crippen LogP contribution >= 0.6 is 0 Å². The fraction of sp³-hybridized carbons (Fsp3) is 0.238. The molecule has 0 N–H and O–H groups in total. The molecule has 27 heavy (non-hydrogen) atoms. The molecule has 0 radical (unpaired) electrons. The Morgan fingerprint density at radius 1 is 1.07 bits per heavy atom. The predicted molar refractivity (Wildman–Crippen MR) is 106 cm³/mol. The number of pyridine rings is 1. The predicted octanol–water partition coefficient (Wildman–Crippen LogP) is 3.00. The molecule has 0 spiro atoms. The Morgan fingerprint density at radius 2 is 1.89 bits per heavy atom. The number of fused-ring (bicyclic) bond motifs is 1. The molecule has 2 heterocycles. The second-order valence-corrected chi connectivity index (χ2v) is 9.09. The molecule has 0 saturated carbocycles. The first-order valence-corrected chi connectivity index (χ1v) is 10.8. The van der Waals surface area contributed by atoms with Crippen LogP contribution in [0.3, 0.4) is 0 Å². The highest BCUT2D eigenvalue weighted by Gasteiger charge is 2.35. The Labute approximate surface area is 158 Å². The van der Waals surface area contributed by atoms with E-state index in [1.165, 1.54) is 0 Å². The van der Waals surface area contributed by atoms with Crippen molar-refractivity contribution in [2.24, 2.45) is 0 Å². The van der Waals surface area contributed by atoms with Gasteiger partial charge in [-0.05, 0) is 36.2 Å². The van der Waals surface area contributed by atoms with Crippen LogP contribution in [0.25, 0.3) is 10.9 Å². The smallest absolute Gasteiger partial charge is 0.231 e. The molecular weight excluding hydrogens is 360 g/mol. The second-order valence-electron chi connectivity index (χ2n) is 6.86. The number of rotatable bonds is 4. The Hall–Kier alpha value is -2.73. The summed E-state index contributed by atoms with van der Waals surface area (Å²) < 4.78 is 24.0. The van der Waals surface area contributed by atoms with Gasteiger partial charge in [-0.3, -0.25) is 9.78 Å². The molecule has 1 atom stereocenters. The Morgan fingerprint density at radius 3 is 2.63 bits per heavy atom. The van der Waals surface area contributed by atoms with Crippen molar-refractivity contribution in [2.75, 3.05) is 16.4 Å². The summed E-state index contributed by atoms with van der Waals surface area (Å²) in [5.41, 5.74) is 2.48. The van der Waals surface area contributed by atoms with Gasteiger partial charge in [0.05, 0.1) is 29.5 Å². The molecule has 1 aliphatic rings. The fourth-order valence-corrected chi connectivity index (χ4v) is 5.31. The van der Waals surface area contributed by atoms with Gasteiger partial charge in [0.1, 0.15) is 0 Å². The summed E-state index contributed by atoms with van der Waals surface area (Å²) in [6.07, 6.45) is 2.43. The highest BCUT2D eigenvalue weighted by atomic mass is 32.2. The minimum atomic E-state index is -3.10.